The first-order chi connectivity index (χ1) is 6.27. The second-order valence-electron chi connectivity index (χ2n) is 3.01. The van der Waals surface area contributed by atoms with E-state index >= 15 is 0 Å². The van der Waals surface area contributed by atoms with Crippen LogP contribution in [0.1, 0.15) is 26.7 Å². The van der Waals surface area contributed by atoms with Crippen molar-refractivity contribution in [2.75, 3.05) is 5.32 Å². The lowest BCUT2D eigenvalue weighted by molar-refractivity contribution is 0.671. The topological polar surface area (TPSA) is 24.9 Å². The van der Waals surface area contributed by atoms with E-state index in [0.29, 0.717) is 11.1 Å². The highest BCUT2D eigenvalue weighted by Gasteiger charge is 2.04. The molecule has 0 aliphatic heterocycles. The lowest BCUT2D eigenvalue weighted by Gasteiger charge is -2.16. The zero-order chi connectivity index (χ0) is 9.68. The fourth-order valence-electron chi connectivity index (χ4n) is 1.20. The molecule has 0 aliphatic carbocycles. The average Bonchev–Trinajstić information content (AvgIpc) is 2.17. The van der Waals surface area contributed by atoms with Gasteiger partial charge in [-0.3, -0.25) is 4.98 Å². The van der Waals surface area contributed by atoms with Crippen LogP contribution in [0, 0.1) is 0 Å². The first kappa shape index (κ1) is 10.3. The Bertz CT molecular complexity index is 259. The fourth-order valence-corrected chi connectivity index (χ4v) is 1.38. The molecule has 0 fully saturated rings. The molecular formula is C10H15ClN2. The number of halogens is 1. The van der Waals surface area contributed by atoms with E-state index in [1.165, 1.54) is 0 Å². The van der Waals surface area contributed by atoms with Crippen LogP contribution in [0.3, 0.4) is 0 Å². The summed E-state index contributed by atoms with van der Waals surface area (Å²) in [4.78, 5) is 3.93. The molecule has 0 bridgehead atoms. The van der Waals surface area contributed by atoms with Crippen molar-refractivity contribution in [1.82, 2.24) is 4.98 Å². The van der Waals surface area contributed by atoms with Gasteiger partial charge in [-0.25, -0.2) is 0 Å². The minimum atomic E-state index is 0.500. The maximum Gasteiger partial charge on any atom is 0.0820 e. The van der Waals surface area contributed by atoms with Crippen LogP contribution in [-0.4, -0.2) is 11.0 Å². The van der Waals surface area contributed by atoms with Gasteiger partial charge in [-0.05, 0) is 18.9 Å². The van der Waals surface area contributed by atoms with Gasteiger partial charge in [0.05, 0.1) is 10.7 Å². The van der Waals surface area contributed by atoms with Gasteiger partial charge in [-0.1, -0.05) is 25.4 Å². The van der Waals surface area contributed by atoms with E-state index in [1.54, 1.807) is 12.4 Å². The molecule has 2 nitrogen and oxygen atoms in total. The minimum Gasteiger partial charge on any atom is -0.381 e. The Morgan fingerprint density at radius 3 is 2.69 bits per heavy atom. The summed E-state index contributed by atoms with van der Waals surface area (Å²) >= 11 is 5.96. The lowest BCUT2D eigenvalue weighted by atomic mass is 10.1. The summed E-state index contributed by atoms with van der Waals surface area (Å²) in [6, 6.07) is 2.40. The molecule has 1 heterocycles. The molecule has 0 spiro atoms. The minimum absolute atomic E-state index is 0.500. The van der Waals surface area contributed by atoms with Gasteiger partial charge in [-0.2, -0.15) is 0 Å². The summed E-state index contributed by atoms with van der Waals surface area (Å²) < 4.78 is 0. The van der Waals surface area contributed by atoms with Crippen LogP contribution < -0.4 is 5.32 Å². The molecular weight excluding hydrogens is 184 g/mol. The van der Waals surface area contributed by atoms with Crippen molar-refractivity contribution in [3.8, 4) is 0 Å². The molecule has 0 saturated carbocycles. The summed E-state index contributed by atoms with van der Waals surface area (Å²) in [6.45, 7) is 4.33. The molecule has 3 heteroatoms. The first-order valence-electron chi connectivity index (χ1n) is 4.64. The van der Waals surface area contributed by atoms with Crippen molar-refractivity contribution in [3.05, 3.63) is 23.5 Å². The molecule has 1 rings (SSSR count). The van der Waals surface area contributed by atoms with Gasteiger partial charge < -0.3 is 5.32 Å². The highest BCUT2D eigenvalue weighted by atomic mass is 35.5. The van der Waals surface area contributed by atoms with E-state index in [-0.39, 0.29) is 0 Å². The molecule has 1 aromatic heterocycles. The quantitative estimate of drug-likeness (QED) is 0.803. The highest BCUT2D eigenvalue weighted by Crippen LogP contribution is 2.21. The Morgan fingerprint density at radius 2 is 2.15 bits per heavy atom. The second kappa shape index (κ2) is 5.07. The Balaban J connectivity index is 2.67. The van der Waals surface area contributed by atoms with Crippen LogP contribution in [0.25, 0.3) is 0 Å². The predicted molar refractivity (Wildman–Crippen MR) is 57.2 cm³/mol. The number of hydrogen-bond acceptors (Lipinski definition) is 2. The first-order valence-corrected chi connectivity index (χ1v) is 5.01. The summed E-state index contributed by atoms with van der Waals surface area (Å²) in [5, 5.41) is 4.06. The van der Waals surface area contributed by atoms with Crippen LogP contribution >= 0.6 is 11.6 Å². The lowest BCUT2D eigenvalue weighted by Crippen LogP contribution is -2.17. The van der Waals surface area contributed by atoms with Gasteiger partial charge in [0.1, 0.15) is 0 Å². The van der Waals surface area contributed by atoms with E-state index < -0.39 is 0 Å². The van der Waals surface area contributed by atoms with Crippen molar-refractivity contribution in [3.63, 3.8) is 0 Å². The molecule has 0 aliphatic rings. The summed E-state index contributed by atoms with van der Waals surface area (Å²) in [6.07, 6.45) is 5.62. The van der Waals surface area contributed by atoms with Crippen molar-refractivity contribution in [1.29, 1.82) is 0 Å². The number of nitrogens with zero attached hydrogens (tertiary/aromatic N) is 1. The van der Waals surface area contributed by atoms with Crippen molar-refractivity contribution in [2.24, 2.45) is 0 Å². The molecule has 0 radical (unpaired) electrons. The molecule has 0 aromatic carbocycles. The molecule has 0 amide bonds. The summed E-state index contributed by atoms with van der Waals surface area (Å²) in [7, 11) is 0. The van der Waals surface area contributed by atoms with E-state index in [1.807, 2.05) is 6.07 Å². The molecule has 1 aromatic rings. The van der Waals surface area contributed by atoms with Gasteiger partial charge in [0, 0.05) is 18.4 Å². The van der Waals surface area contributed by atoms with Gasteiger partial charge in [-0.15, -0.1) is 0 Å². The highest BCUT2D eigenvalue weighted by molar-refractivity contribution is 6.33. The van der Waals surface area contributed by atoms with E-state index in [0.717, 1.165) is 18.5 Å². The van der Waals surface area contributed by atoms with E-state index in [2.05, 4.69) is 24.1 Å². The standard InChI is InChI=1S/C10H15ClN2/c1-3-8(4-2)13-10-5-6-12-7-9(10)11/h5-8H,3-4H2,1-2H3,(H,12,13). The molecule has 1 N–H and O–H groups in total. The summed E-state index contributed by atoms with van der Waals surface area (Å²) in [5.74, 6) is 0. The summed E-state index contributed by atoms with van der Waals surface area (Å²) in [5.41, 5.74) is 0.977. The van der Waals surface area contributed by atoms with E-state index in [9.17, 15) is 0 Å². The smallest absolute Gasteiger partial charge is 0.0820 e. The number of pyridine rings is 1. The van der Waals surface area contributed by atoms with Gasteiger partial charge in [0.15, 0.2) is 0 Å². The maximum atomic E-state index is 5.96. The third kappa shape index (κ3) is 2.88. The molecule has 0 atom stereocenters. The zero-order valence-corrected chi connectivity index (χ0v) is 8.80. The Labute approximate surface area is 84.3 Å². The number of aromatic nitrogens is 1. The van der Waals surface area contributed by atoms with Crippen LogP contribution in [0.2, 0.25) is 5.02 Å². The molecule has 0 saturated heterocycles. The van der Waals surface area contributed by atoms with Crippen molar-refractivity contribution in [2.45, 2.75) is 32.7 Å². The number of rotatable bonds is 4. The SMILES string of the molecule is CCC(CC)Nc1ccncc1Cl. The molecule has 72 valence electrons. The van der Waals surface area contributed by atoms with Crippen molar-refractivity contribution < 1.29 is 0 Å². The van der Waals surface area contributed by atoms with Gasteiger partial charge in [0.2, 0.25) is 0 Å². The van der Waals surface area contributed by atoms with E-state index in [4.69, 9.17) is 11.6 Å². The van der Waals surface area contributed by atoms with Crippen LogP contribution in [0.5, 0.6) is 0 Å². The predicted octanol–water partition coefficient (Wildman–Crippen LogP) is 3.34. The second-order valence-corrected chi connectivity index (χ2v) is 3.42. The Hall–Kier alpha value is -0.760. The third-order valence-electron chi connectivity index (χ3n) is 2.12. The number of anilines is 1. The van der Waals surface area contributed by atoms with Crippen LogP contribution in [0.15, 0.2) is 18.5 Å². The number of hydrogen-bond donors (Lipinski definition) is 1. The van der Waals surface area contributed by atoms with Crippen LogP contribution in [0.4, 0.5) is 5.69 Å². The van der Waals surface area contributed by atoms with Crippen molar-refractivity contribution >= 4 is 17.3 Å². The largest absolute Gasteiger partial charge is 0.381 e. The fraction of sp³-hybridized carbons (Fsp3) is 0.500. The third-order valence-corrected chi connectivity index (χ3v) is 2.42. The monoisotopic (exact) mass is 198 g/mol. The normalized spacial score (nSPS) is 10.5. The number of nitrogens with one attached hydrogen (secondary N) is 1. The average molecular weight is 199 g/mol. The Morgan fingerprint density at radius 1 is 1.46 bits per heavy atom. The Kier molecular flexibility index (Phi) is 4.03. The molecule has 0 unspecified atom stereocenters. The molecule has 13 heavy (non-hydrogen) atoms. The van der Waals surface area contributed by atoms with Crippen LogP contribution in [-0.2, 0) is 0 Å². The zero-order valence-electron chi connectivity index (χ0n) is 8.05. The van der Waals surface area contributed by atoms with Gasteiger partial charge in [0.25, 0.3) is 0 Å². The van der Waals surface area contributed by atoms with Gasteiger partial charge >= 0.3 is 0 Å². The maximum absolute atomic E-state index is 5.96.